The highest BCUT2D eigenvalue weighted by molar-refractivity contribution is 7.89. The summed E-state index contributed by atoms with van der Waals surface area (Å²) in [5.74, 6) is -4.50. The Hall–Kier alpha value is -3.30. The number of ether oxygens (including phenoxy) is 1. The molecule has 4 heterocycles. The maximum absolute atomic E-state index is 14.9. The molecule has 36 heavy (non-hydrogen) atoms. The van der Waals surface area contributed by atoms with E-state index < -0.39 is 44.6 Å². The molecule has 2 fully saturated rings. The second-order valence-electron chi connectivity index (χ2n) is 8.40. The number of carbonyl (C=O) groups is 1. The Kier molecular flexibility index (Phi) is 7.70. The molecule has 1 unspecified atom stereocenters. The Morgan fingerprint density at radius 3 is 2.36 bits per heavy atom. The molecule has 1 atom stereocenters. The van der Waals surface area contributed by atoms with Gasteiger partial charge in [-0.25, -0.2) is 27.2 Å². The summed E-state index contributed by atoms with van der Waals surface area (Å²) >= 11 is 0. The summed E-state index contributed by atoms with van der Waals surface area (Å²) < 4.78 is 60.8. The van der Waals surface area contributed by atoms with Crippen LogP contribution in [-0.4, -0.2) is 84.1 Å². The number of hydrogen-bond acceptors (Lipinski definition) is 9. The van der Waals surface area contributed by atoms with Gasteiger partial charge < -0.3 is 20.7 Å². The Labute approximate surface area is 206 Å². The second kappa shape index (κ2) is 10.8. The molecule has 2 aliphatic heterocycles. The molecule has 2 aliphatic rings. The summed E-state index contributed by atoms with van der Waals surface area (Å²) in [5, 5.41) is 9.78. The van der Waals surface area contributed by atoms with Crippen LogP contribution in [-0.2, 0) is 19.6 Å². The lowest BCUT2D eigenvalue weighted by molar-refractivity contribution is -0.116. The Morgan fingerprint density at radius 2 is 1.75 bits per heavy atom. The molecule has 2 aromatic heterocycles. The van der Waals surface area contributed by atoms with E-state index >= 15 is 0 Å². The van der Waals surface area contributed by atoms with Gasteiger partial charge in [0, 0.05) is 39.4 Å². The van der Waals surface area contributed by atoms with Gasteiger partial charge in [0.25, 0.3) is 0 Å². The van der Waals surface area contributed by atoms with Crippen molar-refractivity contribution >= 4 is 33.1 Å². The molecule has 0 saturated carbocycles. The van der Waals surface area contributed by atoms with Crippen molar-refractivity contribution in [3.63, 3.8) is 0 Å². The smallest absolute Gasteiger partial charge is 0.242 e. The first-order valence-corrected chi connectivity index (χ1v) is 12.8. The van der Waals surface area contributed by atoms with Crippen LogP contribution in [0.5, 0.6) is 0 Å². The minimum Gasteiger partial charge on any atom is -0.387 e. The summed E-state index contributed by atoms with van der Waals surface area (Å²) in [6.07, 6.45) is 4.79. The highest BCUT2D eigenvalue weighted by Gasteiger charge is 2.36. The van der Waals surface area contributed by atoms with Crippen LogP contribution in [0.3, 0.4) is 0 Å². The number of carbonyl (C=O) groups excluding carboxylic acids is 1. The highest BCUT2D eigenvalue weighted by atomic mass is 32.2. The van der Waals surface area contributed by atoms with Crippen LogP contribution < -0.4 is 16.0 Å². The van der Waals surface area contributed by atoms with Crippen molar-refractivity contribution in [2.45, 2.75) is 24.0 Å². The molecule has 12 nitrogen and oxygen atoms in total. The fraction of sp³-hybridized carbons (Fsp3) is 0.476. The van der Waals surface area contributed by atoms with Gasteiger partial charge in [0.15, 0.2) is 17.6 Å². The van der Waals surface area contributed by atoms with Crippen molar-refractivity contribution in [3.05, 3.63) is 42.2 Å². The van der Waals surface area contributed by atoms with Crippen LogP contribution in [0.2, 0.25) is 0 Å². The van der Waals surface area contributed by atoms with Gasteiger partial charge in [0.05, 0.1) is 35.7 Å². The van der Waals surface area contributed by atoms with Crippen molar-refractivity contribution in [1.29, 1.82) is 5.41 Å². The van der Waals surface area contributed by atoms with Crippen LogP contribution in [0.25, 0.3) is 0 Å². The number of piperazine rings is 1. The van der Waals surface area contributed by atoms with Crippen molar-refractivity contribution < 1.29 is 26.7 Å². The Balaban J connectivity index is 1.50. The average molecular weight is 525 g/mol. The number of amides is 1. The third kappa shape index (κ3) is 5.42. The molecular formula is C21H26F2N8O4S. The molecular weight excluding hydrogens is 498 g/mol. The number of sulfonamides is 1. The van der Waals surface area contributed by atoms with Gasteiger partial charge in [-0.2, -0.15) is 4.31 Å². The van der Waals surface area contributed by atoms with E-state index in [1.165, 1.54) is 10.5 Å². The highest BCUT2D eigenvalue weighted by Crippen LogP contribution is 2.31. The predicted octanol–water partition coefficient (Wildman–Crippen LogP) is 0.439. The quantitative estimate of drug-likeness (QED) is 0.344. The summed E-state index contributed by atoms with van der Waals surface area (Å²) in [7, 11) is -3.51. The minimum absolute atomic E-state index is 0.00842. The zero-order valence-electron chi connectivity index (χ0n) is 19.2. The molecule has 0 aliphatic carbocycles. The number of anilines is 2. The summed E-state index contributed by atoms with van der Waals surface area (Å²) in [6, 6.07) is 0. The first-order chi connectivity index (χ1) is 17.2. The second-order valence-corrected chi connectivity index (χ2v) is 10.6. The zero-order chi connectivity index (χ0) is 25.9. The standard InChI is InChI=1S/C21H26F2N8O4S/c22-13-9-27-20(28-10-13)17(19(24)25)21(32)29-16-12-26-11-15(23)18(16)30-3-5-31(6-4-30)36(33,34)14-1-7-35-8-2-14/h9-12,14,17H,1-8H2,(H3,24,25)(H,29,32). The molecule has 0 spiro atoms. The number of nitrogens with zero attached hydrogens (tertiary/aromatic N) is 5. The summed E-state index contributed by atoms with van der Waals surface area (Å²) in [5.41, 5.74) is 5.61. The van der Waals surface area contributed by atoms with E-state index in [1.807, 2.05) is 0 Å². The molecule has 15 heteroatoms. The first kappa shape index (κ1) is 25.8. The topological polar surface area (TPSA) is 167 Å². The number of hydrogen-bond donors (Lipinski definition) is 3. The van der Waals surface area contributed by atoms with E-state index in [1.54, 1.807) is 4.90 Å². The molecule has 0 aromatic carbocycles. The maximum atomic E-state index is 14.9. The van der Waals surface area contributed by atoms with E-state index in [0.29, 0.717) is 26.1 Å². The van der Waals surface area contributed by atoms with Crippen LogP contribution in [0.15, 0.2) is 24.8 Å². The number of rotatable bonds is 7. The van der Waals surface area contributed by atoms with Crippen molar-refractivity contribution in [2.24, 2.45) is 5.73 Å². The molecule has 0 bridgehead atoms. The third-order valence-corrected chi connectivity index (χ3v) is 8.51. The molecule has 4 rings (SSSR count). The van der Waals surface area contributed by atoms with E-state index in [-0.39, 0.29) is 43.4 Å². The fourth-order valence-corrected chi connectivity index (χ4v) is 6.15. The number of nitrogens with two attached hydrogens (primary N) is 1. The Morgan fingerprint density at radius 1 is 1.11 bits per heavy atom. The third-order valence-electron chi connectivity index (χ3n) is 6.11. The Bertz CT molecular complexity index is 1220. The van der Waals surface area contributed by atoms with Crippen LogP contribution in [0.4, 0.5) is 20.2 Å². The first-order valence-electron chi connectivity index (χ1n) is 11.3. The van der Waals surface area contributed by atoms with Gasteiger partial charge in [0.2, 0.25) is 15.9 Å². The van der Waals surface area contributed by atoms with Gasteiger partial charge in [-0.1, -0.05) is 0 Å². The lowest BCUT2D eigenvalue weighted by atomic mass is 10.1. The molecule has 2 aromatic rings. The molecule has 4 N–H and O–H groups in total. The van der Waals surface area contributed by atoms with Crippen LogP contribution in [0.1, 0.15) is 24.6 Å². The average Bonchev–Trinajstić information content (AvgIpc) is 2.86. The van der Waals surface area contributed by atoms with E-state index in [0.717, 1.165) is 18.6 Å². The van der Waals surface area contributed by atoms with Crippen LogP contribution in [0, 0.1) is 17.0 Å². The summed E-state index contributed by atoms with van der Waals surface area (Å²) in [4.78, 5) is 25.8. The monoisotopic (exact) mass is 524 g/mol. The van der Waals surface area contributed by atoms with Gasteiger partial charge in [0.1, 0.15) is 17.3 Å². The van der Waals surface area contributed by atoms with Gasteiger partial charge in [-0.3, -0.25) is 15.2 Å². The molecule has 2 saturated heterocycles. The maximum Gasteiger partial charge on any atom is 0.242 e. The number of aromatic nitrogens is 3. The molecule has 194 valence electrons. The van der Waals surface area contributed by atoms with E-state index in [4.69, 9.17) is 15.9 Å². The van der Waals surface area contributed by atoms with Gasteiger partial charge >= 0.3 is 0 Å². The normalized spacial score (nSPS) is 18.6. The van der Waals surface area contributed by atoms with E-state index in [2.05, 4.69) is 20.3 Å². The minimum atomic E-state index is -3.51. The number of halogens is 2. The number of nitrogens with one attached hydrogen (secondary N) is 2. The summed E-state index contributed by atoms with van der Waals surface area (Å²) in [6.45, 7) is 1.47. The van der Waals surface area contributed by atoms with Gasteiger partial charge in [-0.05, 0) is 12.8 Å². The molecule has 0 radical (unpaired) electrons. The van der Waals surface area contributed by atoms with Crippen LogP contribution >= 0.6 is 0 Å². The number of amidine groups is 1. The fourth-order valence-electron chi connectivity index (χ4n) is 4.27. The van der Waals surface area contributed by atoms with Crippen molar-refractivity contribution in [2.75, 3.05) is 49.6 Å². The largest absolute Gasteiger partial charge is 0.387 e. The van der Waals surface area contributed by atoms with E-state index in [9.17, 15) is 22.0 Å². The molecule has 1 amide bonds. The number of pyridine rings is 1. The SMILES string of the molecule is N=C(N)C(C(=O)Nc1cncc(F)c1N1CCN(S(=O)(=O)C2CCOCC2)CC1)c1ncc(F)cn1. The van der Waals surface area contributed by atoms with Gasteiger partial charge in [-0.15, -0.1) is 0 Å². The zero-order valence-corrected chi connectivity index (χ0v) is 20.0. The van der Waals surface area contributed by atoms with Crippen molar-refractivity contribution in [1.82, 2.24) is 19.3 Å². The lowest BCUT2D eigenvalue weighted by Gasteiger charge is -2.38. The van der Waals surface area contributed by atoms with Crippen molar-refractivity contribution in [3.8, 4) is 0 Å². The lowest BCUT2D eigenvalue weighted by Crippen LogP contribution is -2.52. The predicted molar refractivity (Wildman–Crippen MR) is 126 cm³/mol.